The van der Waals surface area contributed by atoms with Crippen molar-refractivity contribution in [1.29, 1.82) is 0 Å². The van der Waals surface area contributed by atoms with Crippen molar-refractivity contribution in [3.05, 3.63) is 47.8 Å². The van der Waals surface area contributed by atoms with Crippen LogP contribution in [0.5, 0.6) is 0 Å². The van der Waals surface area contributed by atoms with Crippen LogP contribution in [0.1, 0.15) is 20.7 Å². The number of fused-ring (bicyclic) bond motifs is 1. The lowest BCUT2D eigenvalue weighted by atomic mass is 10.1. The molecular formula is C10H8N2O2. The second-order valence-electron chi connectivity index (χ2n) is 2.98. The lowest BCUT2D eigenvalue weighted by molar-refractivity contribution is 0.0703. The average Bonchev–Trinajstić information content (AvgIpc) is 2.41. The molecule has 0 aromatic heterocycles. The van der Waals surface area contributed by atoms with Crippen LogP contribution in [0.25, 0.3) is 0 Å². The van der Waals surface area contributed by atoms with Crippen LogP contribution in [0, 0.1) is 0 Å². The van der Waals surface area contributed by atoms with Crippen LogP contribution < -0.4 is 5.73 Å². The third kappa shape index (κ3) is 0.939. The lowest BCUT2D eigenvalue weighted by Crippen LogP contribution is -2.32. The molecule has 0 fully saturated rings. The van der Waals surface area contributed by atoms with Gasteiger partial charge in [0.15, 0.2) is 0 Å². The van der Waals surface area contributed by atoms with E-state index in [0.717, 1.165) is 4.90 Å². The van der Waals surface area contributed by atoms with Crippen molar-refractivity contribution in [3.8, 4) is 0 Å². The Labute approximate surface area is 80.6 Å². The molecular weight excluding hydrogens is 180 g/mol. The number of hydrogen-bond acceptors (Lipinski definition) is 3. The van der Waals surface area contributed by atoms with Gasteiger partial charge in [0.2, 0.25) is 0 Å². The van der Waals surface area contributed by atoms with Gasteiger partial charge in [0.05, 0.1) is 11.1 Å². The molecule has 0 saturated heterocycles. The van der Waals surface area contributed by atoms with Crippen molar-refractivity contribution < 1.29 is 9.59 Å². The fraction of sp³-hybridized carbons (Fsp3) is 0. The van der Waals surface area contributed by atoms with E-state index in [-0.39, 0.29) is 5.82 Å². The van der Waals surface area contributed by atoms with Gasteiger partial charge in [-0.3, -0.25) is 9.59 Å². The first-order valence-electron chi connectivity index (χ1n) is 4.05. The molecule has 4 heteroatoms. The number of amides is 2. The number of nitrogens with zero attached hydrogens (tertiary/aromatic N) is 1. The highest BCUT2D eigenvalue weighted by atomic mass is 16.2. The molecule has 2 rings (SSSR count). The topological polar surface area (TPSA) is 63.4 Å². The fourth-order valence-corrected chi connectivity index (χ4v) is 1.45. The van der Waals surface area contributed by atoms with E-state index < -0.39 is 11.8 Å². The van der Waals surface area contributed by atoms with E-state index in [0.29, 0.717) is 11.1 Å². The Hall–Kier alpha value is -2.10. The fourth-order valence-electron chi connectivity index (χ4n) is 1.45. The Morgan fingerprint density at radius 3 is 1.93 bits per heavy atom. The quantitative estimate of drug-likeness (QED) is 0.660. The Morgan fingerprint density at radius 2 is 1.57 bits per heavy atom. The van der Waals surface area contributed by atoms with Crippen LogP contribution in [0.15, 0.2) is 36.7 Å². The van der Waals surface area contributed by atoms with Gasteiger partial charge in [-0.25, -0.2) is 4.90 Å². The zero-order valence-electron chi connectivity index (χ0n) is 7.36. The Kier molecular flexibility index (Phi) is 1.64. The van der Waals surface area contributed by atoms with E-state index >= 15 is 0 Å². The lowest BCUT2D eigenvalue weighted by Gasteiger charge is -2.11. The number of carbonyl (C=O) groups excluding carboxylic acids is 2. The molecule has 1 aliphatic rings. The summed E-state index contributed by atoms with van der Waals surface area (Å²) in [6, 6.07) is 6.59. The highest BCUT2D eigenvalue weighted by molar-refractivity contribution is 6.22. The number of carbonyl (C=O) groups is 2. The SMILES string of the molecule is C=C(N)N1C(=O)c2ccccc2C1=O. The third-order valence-electron chi connectivity index (χ3n) is 2.08. The summed E-state index contributed by atoms with van der Waals surface area (Å²) in [5.41, 5.74) is 6.11. The molecule has 70 valence electrons. The number of hydrogen-bond donors (Lipinski definition) is 1. The van der Waals surface area contributed by atoms with Gasteiger partial charge in [-0.05, 0) is 12.1 Å². The number of benzene rings is 1. The summed E-state index contributed by atoms with van der Waals surface area (Å²) in [7, 11) is 0. The van der Waals surface area contributed by atoms with Crippen molar-refractivity contribution in [3.63, 3.8) is 0 Å². The molecule has 0 spiro atoms. The molecule has 1 heterocycles. The standard InChI is InChI=1S/C10H8N2O2/c1-6(11)12-9(13)7-4-2-3-5-8(7)10(12)14/h2-5H,1,11H2. The Morgan fingerprint density at radius 1 is 1.14 bits per heavy atom. The maximum absolute atomic E-state index is 11.6. The average molecular weight is 188 g/mol. The molecule has 0 bridgehead atoms. The molecule has 1 aromatic rings. The van der Waals surface area contributed by atoms with E-state index in [2.05, 4.69) is 6.58 Å². The maximum Gasteiger partial charge on any atom is 0.267 e. The van der Waals surface area contributed by atoms with Gasteiger partial charge in [0.1, 0.15) is 5.82 Å². The summed E-state index contributed by atoms with van der Waals surface area (Å²) in [6.45, 7) is 3.38. The molecule has 1 aromatic carbocycles. The molecule has 4 nitrogen and oxygen atoms in total. The van der Waals surface area contributed by atoms with Crippen LogP contribution in [-0.2, 0) is 0 Å². The first-order valence-corrected chi connectivity index (χ1v) is 4.05. The van der Waals surface area contributed by atoms with E-state index in [4.69, 9.17) is 5.73 Å². The van der Waals surface area contributed by atoms with Crippen molar-refractivity contribution in [1.82, 2.24) is 4.90 Å². The van der Waals surface area contributed by atoms with Crippen molar-refractivity contribution in [2.24, 2.45) is 5.73 Å². The third-order valence-corrected chi connectivity index (χ3v) is 2.08. The Bertz CT molecular complexity index is 416. The zero-order valence-corrected chi connectivity index (χ0v) is 7.36. The van der Waals surface area contributed by atoms with Crippen LogP contribution >= 0.6 is 0 Å². The maximum atomic E-state index is 11.6. The van der Waals surface area contributed by atoms with E-state index in [9.17, 15) is 9.59 Å². The van der Waals surface area contributed by atoms with E-state index in [1.807, 2.05) is 0 Å². The van der Waals surface area contributed by atoms with Gasteiger partial charge >= 0.3 is 0 Å². The molecule has 0 saturated carbocycles. The minimum Gasteiger partial charge on any atom is -0.385 e. The summed E-state index contributed by atoms with van der Waals surface area (Å²) in [6.07, 6.45) is 0. The van der Waals surface area contributed by atoms with Crippen LogP contribution in [0.4, 0.5) is 0 Å². The largest absolute Gasteiger partial charge is 0.385 e. The summed E-state index contributed by atoms with van der Waals surface area (Å²) < 4.78 is 0. The molecule has 2 N–H and O–H groups in total. The Balaban J connectivity index is 2.59. The number of rotatable bonds is 1. The van der Waals surface area contributed by atoms with Gasteiger partial charge in [-0.2, -0.15) is 0 Å². The number of nitrogens with two attached hydrogens (primary N) is 1. The number of imide groups is 1. The molecule has 14 heavy (non-hydrogen) atoms. The molecule has 2 amide bonds. The van der Waals surface area contributed by atoms with Crippen LogP contribution in [0.2, 0.25) is 0 Å². The normalized spacial score (nSPS) is 14.4. The van der Waals surface area contributed by atoms with Gasteiger partial charge in [0.25, 0.3) is 11.8 Å². The predicted molar refractivity (Wildman–Crippen MR) is 50.3 cm³/mol. The second kappa shape index (κ2) is 2.70. The summed E-state index contributed by atoms with van der Waals surface area (Å²) in [5, 5.41) is 0. The highest BCUT2D eigenvalue weighted by Crippen LogP contribution is 2.23. The van der Waals surface area contributed by atoms with Crippen molar-refractivity contribution >= 4 is 11.8 Å². The summed E-state index contributed by atoms with van der Waals surface area (Å²) in [5.74, 6) is -0.854. The van der Waals surface area contributed by atoms with Gasteiger partial charge in [-0.1, -0.05) is 18.7 Å². The van der Waals surface area contributed by atoms with E-state index in [1.54, 1.807) is 24.3 Å². The monoisotopic (exact) mass is 188 g/mol. The molecule has 1 aliphatic heterocycles. The molecule has 0 atom stereocenters. The first kappa shape index (κ1) is 8.50. The van der Waals surface area contributed by atoms with Gasteiger partial charge < -0.3 is 5.73 Å². The molecule has 0 unspecified atom stereocenters. The van der Waals surface area contributed by atoms with Crippen LogP contribution in [-0.4, -0.2) is 16.7 Å². The highest BCUT2D eigenvalue weighted by Gasteiger charge is 2.35. The van der Waals surface area contributed by atoms with Gasteiger partial charge in [0, 0.05) is 0 Å². The van der Waals surface area contributed by atoms with E-state index in [1.165, 1.54) is 0 Å². The summed E-state index contributed by atoms with van der Waals surface area (Å²) >= 11 is 0. The first-order chi connectivity index (χ1) is 6.63. The zero-order chi connectivity index (χ0) is 10.3. The van der Waals surface area contributed by atoms with Crippen molar-refractivity contribution in [2.45, 2.75) is 0 Å². The van der Waals surface area contributed by atoms with Crippen LogP contribution in [0.3, 0.4) is 0 Å². The summed E-state index contributed by atoms with van der Waals surface area (Å²) in [4.78, 5) is 24.1. The second-order valence-corrected chi connectivity index (χ2v) is 2.98. The molecule has 0 radical (unpaired) electrons. The van der Waals surface area contributed by atoms with Gasteiger partial charge in [-0.15, -0.1) is 0 Å². The minimum absolute atomic E-state index is 0.0452. The minimum atomic E-state index is -0.405. The smallest absolute Gasteiger partial charge is 0.267 e. The van der Waals surface area contributed by atoms with Crippen molar-refractivity contribution in [2.75, 3.05) is 0 Å². The molecule has 0 aliphatic carbocycles. The predicted octanol–water partition coefficient (Wildman–Crippen LogP) is 0.713.